The summed E-state index contributed by atoms with van der Waals surface area (Å²) in [5.74, 6) is 0.231. The second-order valence-corrected chi connectivity index (χ2v) is 3.39. The van der Waals surface area contributed by atoms with Gasteiger partial charge in [-0.25, -0.2) is 0 Å². The Morgan fingerprint density at radius 2 is 2.09 bits per heavy atom. The summed E-state index contributed by atoms with van der Waals surface area (Å²) in [5.41, 5.74) is 0.0110. The van der Waals surface area contributed by atoms with Gasteiger partial charge in [-0.2, -0.15) is 0 Å². The topological polar surface area (TPSA) is 35.6 Å². The zero-order valence-electron chi connectivity index (χ0n) is 6.92. The van der Waals surface area contributed by atoms with E-state index in [1.807, 2.05) is 19.0 Å². The van der Waals surface area contributed by atoms with Crippen molar-refractivity contribution >= 4 is 5.91 Å². The summed E-state index contributed by atoms with van der Waals surface area (Å²) in [4.78, 5) is 15.2. The number of amides is 1. The fraction of sp³-hybridized carbons (Fsp3) is 0.857. The molecule has 0 radical (unpaired) electrons. The van der Waals surface area contributed by atoms with Crippen LogP contribution in [0.5, 0.6) is 0 Å². The Labute approximate surface area is 66.1 Å². The van der Waals surface area contributed by atoms with E-state index in [2.05, 4.69) is 10.2 Å². The molecule has 0 aliphatic carbocycles. The van der Waals surface area contributed by atoms with Gasteiger partial charge in [0.25, 0.3) is 0 Å². The molecule has 2 heterocycles. The molecule has 0 aromatic rings. The van der Waals surface area contributed by atoms with E-state index in [1.54, 1.807) is 0 Å². The number of hydrogen-bond acceptors (Lipinski definition) is 3. The van der Waals surface area contributed by atoms with Crippen molar-refractivity contribution < 1.29 is 4.79 Å². The maximum Gasteiger partial charge on any atom is 0.238 e. The highest BCUT2D eigenvalue weighted by Crippen LogP contribution is 2.27. The van der Waals surface area contributed by atoms with Crippen LogP contribution < -0.4 is 5.32 Å². The molecule has 0 aromatic heterocycles. The van der Waals surface area contributed by atoms with Gasteiger partial charge < -0.3 is 10.2 Å². The van der Waals surface area contributed by atoms with Crippen molar-refractivity contribution in [1.29, 1.82) is 0 Å². The largest absolute Gasteiger partial charge is 0.324 e. The molecule has 11 heavy (non-hydrogen) atoms. The van der Waals surface area contributed by atoms with Crippen LogP contribution >= 0.6 is 0 Å². The van der Waals surface area contributed by atoms with Crippen LogP contribution in [0.4, 0.5) is 0 Å². The fourth-order valence-corrected chi connectivity index (χ4v) is 1.80. The first-order valence-corrected chi connectivity index (χ1v) is 3.85. The minimum absolute atomic E-state index is 0.0110. The van der Waals surface area contributed by atoms with Gasteiger partial charge in [-0.1, -0.05) is 0 Å². The van der Waals surface area contributed by atoms with Gasteiger partial charge in [-0.05, 0) is 7.05 Å². The average Bonchev–Trinajstić information content (AvgIpc) is 2.03. The maximum absolute atomic E-state index is 11.2. The molecule has 2 fully saturated rings. The molecule has 2 rings (SSSR count). The first-order chi connectivity index (χ1) is 5.17. The van der Waals surface area contributed by atoms with Crippen LogP contribution in [0.2, 0.25) is 0 Å². The average molecular weight is 155 g/mol. The summed E-state index contributed by atoms with van der Waals surface area (Å²) >= 11 is 0. The van der Waals surface area contributed by atoms with Crippen molar-refractivity contribution in [2.75, 3.05) is 33.7 Å². The first-order valence-electron chi connectivity index (χ1n) is 3.85. The van der Waals surface area contributed by atoms with Gasteiger partial charge in [-0.15, -0.1) is 0 Å². The molecule has 2 aliphatic heterocycles. The van der Waals surface area contributed by atoms with Crippen LogP contribution in [-0.2, 0) is 4.79 Å². The normalized spacial score (nSPS) is 29.6. The molecule has 0 unspecified atom stereocenters. The maximum atomic E-state index is 11.2. The van der Waals surface area contributed by atoms with Crippen LogP contribution in [0.15, 0.2) is 0 Å². The molecule has 4 nitrogen and oxygen atoms in total. The minimum atomic E-state index is 0.0110. The quantitative estimate of drug-likeness (QED) is 0.472. The Morgan fingerprint density at radius 1 is 1.45 bits per heavy atom. The predicted molar refractivity (Wildman–Crippen MR) is 41.0 cm³/mol. The second-order valence-electron chi connectivity index (χ2n) is 3.39. The SMILES string of the molecule is CN1CC(=O)N(C)C12CNC2. The number of likely N-dealkylation sites (N-methyl/N-ethyl adjacent to an activating group) is 2. The van der Waals surface area contributed by atoms with E-state index < -0.39 is 0 Å². The van der Waals surface area contributed by atoms with Crippen molar-refractivity contribution in [1.82, 2.24) is 15.1 Å². The molecule has 2 saturated heterocycles. The zero-order chi connectivity index (χ0) is 8.06. The Morgan fingerprint density at radius 3 is 2.27 bits per heavy atom. The van der Waals surface area contributed by atoms with Crippen LogP contribution in [0.1, 0.15) is 0 Å². The Hall–Kier alpha value is -0.610. The van der Waals surface area contributed by atoms with E-state index in [-0.39, 0.29) is 11.6 Å². The highest BCUT2D eigenvalue weighted by Gasteiger charge is 2.51. The second kappa shape index (κ2) is 1.95. The zero-order valence-corrected chi connectivity index (χ0v) is 6.92. The van der Waals surface area contributed by atoms with E-state index in [1.165, 1.54) is 0 Å². The van der Waals surface area contributed by atoms with Crippen LogP contribution in [0.25, 0.3) is 0 Å². The summed E-state index contributed by atoms with van der Waals surface area (Å²) < 4.78 is 0. The molecule has 0 saturated carbocycles. The van der Waals surface area contributed by atoms with Gasteiger partial charge in [0.2, 0.25) is 5.91 Å². The summed E-state index contributed by atoms with van der Waals surface area (Å²) in [6.07, 6.45) is 0. The van der Waals surface area contributed by atoms with Gasteiger partial charge in [0.05, 0.1) is 6.54 Å². The monoisotopic (exact) mass is 155 g/mol. The molecule has 4 heteroatoms. The molecule has 2 aliphatic rings. The summed E-state index contributed by atoms with van der Waals surface area (Å²) in [6.45, 7) is 2.38. The van der Waals surface area contributed by atoms with Gasteiger partial charge in [0, 0.05) is 20.1 Å². The number of nitrogens with one attached hydrogen (secondary N) is 1. The van der Waals surface area contributed by atoms with Gasteiger partial charge in [-0.3, -0.25) is 9.69 Å². The van der Waals surface area contributed by atoms with Crippen molar-refractivity contribution in [3.8, 4) is 0 Å². The molecule has 0 bridgehead atoms. The molecule has 0 aromatic carbocycles. The lowest BCUT2D eigenvalue weighted by atomic mass is 10.0. The lowest BCUT2D eigenvalue weighted by Crippen LogP contribution is -2.71. The third-order valence-corrected chi connectivity index (χ3v) is 2.90. The molecular formula is C7H13N3O. The molecule has 1 N–H and O–H groups in total. The van der Waals surface area contributed by atoms with Crippen molar-refractivity contribution in [2.45, 2.75) is 5.66 Å². The summed E-state index contributed by atoms with van der Waals surface area (Å²) in [5, 5.41) is 3.19. The fourth-order valence-electron chi connectivity index (χ4n) is 1.80. The highest BCUT2D eigenvalue weighted by atomic mass is 16.2. The van der Waals surface area contributed by atoms with Gasteiger partial charge in [0.15, 0.2) is 0 Å². The Bertz CT molecular complexity index is 200. The third kappa shape index (κ3) is 0.684. The minimum Gasteiger partial charge on any atom is -0.324 e. The van der Waals surface area contributed by atoms with Crippen molar-refractivity contribution in [3.05, 3.63) is 0 Å². The molecular weight excluding hydrogens is 142 g/mol. The molecule has 1 amide bonds. The van der Waals surface area contributed by atoms with E-state index in [0.29, 0.717) is 6.54 Å². The molecule has 1 spiro atoms. The van der Waals surface area contributed by atoms with Crippen LogP contribution in [0.3, 0.4) is 0 Å². The lowest BCUT2D eigenvalue weighted by Gasteiger charge is -2.48. The number of nitrogens with zero attached hydrogens (tertiary/aromatic N) is 2. The number of rotatable bonds is 0. The smallest absolute Gasteiger partial charge is 0.238 e. The lowest BCUT2D eigenvalue weighted by molar-refractivity contribution is -0.130. The number of hydrogen-bond donors (Lipinski definition) is 1. The van der Waals surface area contributed by atoms with E-state index in [4.69, 9.17) is 0 Å². The Kier molecular flexibility index (Phi) is 1.25. The molecule has 0 atom stereocenters. The van der Waals surface area contributed by atoms with Crippen LogP contribution in [-0.4, -0.2) is 55.1 Å². The summed E-state index contributed by atoms with van der Waals surface area (Å²) in [7, 11) is 3.88. The van der Waals surface area contributed by atoms with Crippen molar-refractivity contribution in [3.63, 3.8) is 0 Å². The standard InChI is InChI=1S/C7H13N3O/c1-9-3-6(11)10(2)7(9)4-8-5-7/h8H,3-5H2,1-2H3. The predicted octanol–water partition coefficient (Wildman–Crippen LogP) is -1.31. The Balaban J connectivity index is 2.25. The summed E-state index contributed by atoms with van der Waals surface area (Å²) in [6, 6.07) is 0. The van der Waals surface area contributed by atoms with Crippen molar-refractivity contribution in [2.24, 2.45) is 0 Å². The van der Waals surface area contributed by atoms with E-state index >= 15 is 0 Å². The van der Waals surface area contributed by atoms with E-state index in [9.17, 15) is 4.79 Å². The number of carbonyl (C=O) groups excluding carboxylic acids is 1. The van der Waals surface area contributed by atoms with Gasteiger partial charge >= 0.3 is 0 Å². The number of carbonyl (C=O) groups is 1. The van der Waals surface area contributed by atoms with Gasteiger partial charge in [0.1, 0.15) is 5.66 Å². The highest BCUT2D eigenvalue weighted by molar-refractivity contribution is 5.81. The molecule has 62 valence electrons. The van der Waals surface area contributed by atoms with Crippen LogP contribution in [0, 0.1) is 0 Å². The first kappa shape index (κ1) is 7.06. The van der Waals surface area contributed by atoms with E-state index in [0.717, 1.165) is 13.1 Å². The third-order valence-electron chi connectivity index (χ3n) is 2.90.